The van der Waals surface area contributed by atoms with Crippen molar-refractivity contribution in [1.82, 2.24) is 15.1 Å². The van der Waals surface area contributed by atoms with Crippen molar-refractivity contribution >= 4 is 0 Å². The van der Waals surface area contributed by atoms with E-state index in [1.165, 1.54) is 25.0 Å². The van der Waals surface area contributed by atoms with Crippen LogP contribution in [0.15, 0.2) is 12.3 Å². The number of nitrogens with one attached hydrogen (secondary N) is 1. The van der Waals surface area contributed by atoms with Gasteiger partial charge in [0.05, 0.1) is 5.69 Å². The van der Waals surface area contributed by atoms with Gasteiger partial charge in [0.2, 0.25) is 0 Å². The van der Waals surface area contributed by atoms with E-state index in [1.807, 2.05) is 17.9 Å². The van der Waals surface area contributed by atoms with Crippen LogP contribution >= 0.6 is 0 Å². The molecule has 3 atom stereocenters. The smallest absolute Gasteiger partial charge is 0.0518 e. The van der Waals surface area contributed by atoms with Crippen LogP contribution in [0.1, 0.15) is 45.7 Å². The first kappa shape index (κ1) is 12.2. The zero-order chi connectivity index (χ0) is 13.0. The van der Waals surface area contributed by atoms with Gasteiger partial charge in [0.1, 0.15) is 0 Å². The highest BCUT2D eigenvalue weighted by atomic mass is 15.3. The van der Waals surface area contributed by atoms with Gasteiger partial charge >= 0.3 is 0 Å². The molecule has 1 heterocycles. The fraction of sp³-hybridized carbons (Fsp3) is 0.800. The van der Waals surface area contributed by atoms with E-state index in [-0.39, 0.29) is 0 Å². The third-order valence-corrected chi connectivity index (χ3v) is 6.25. The number of hydrogen-bond donors (Lipinski definition) is 1. The second-order valence-electron chi connectivity index (χ2n) is 6.99. The Labute approximate surface area is 110 Å². The lowest BCUT2D eigenvalue weighted by atomic mass is 9.69. The molecular weight excluding hydrogens is 222 g/mol. The van der Waals surface area contributed by atoms with Crippen molar-refractivity contribution in [1.29, 1.82) is 0 Å². The molecule has 0 saturated heterocycles. The normalized spacial score (nSPS) is 37.3. The molecule has 100 valence electrons. The maximum Gasteiger partial charge on any atom is 0.0518 e. The molecular formula is C15H25N3. The lowest BCUT2D eigenvalue weighted by Gasteiger charge is -2.39. The summed E-state index contributed by atoms with van der Waals surface area (Å²) in [5.41, 5.74) is 2.24. The molecule has 1 aromatic rings. The minimum absolute atomic E-state index is 0.469. The van der Waals surface area contributed by atoms with Crippen molar-refractivity contribution in [2.75, 3.05) is 0 Å². The first-order valence-electron chi connectivity index (χ1n) is 7.15. The van der Waals surface area contributed by atoms with E-state index in [2.05, 4.69) is 37.3 Å². The van der Waals surface area contributed by atoms with E-state index in [0.717, 1.165) is 12.5 Å². The fourth-order valence-electron chi connectivity index (χ4n) is 4.31. The Kier molecular flexibility index (Phi) is 2.60. The van der Waals surface area contributed by atoms with E-state index in [4.69, 9.17) is 0 Å². The Morgan fingerprint density at radius 3 is 2.72 bits per heavy atom. The summed E-state index contributed by atoms with van der Waals surface area (Å²) < 4.78 is 1.97. The maximum absolute atomic E-state index is 4.23. The van der Waals surface area contributed by atoms with Gasteiger partial charge in [-0.15, -0.1) is 0 Å². The highest BCUT2D eigenvalue weighted by Crippen LogP contribution is 2.65. The standard InChI is InChI=1S/C15H25N3/c1-14(2)11-5-7-15(14,3)13(9-11)16-10-12-6-8-17-18(12)4/h6,8,11,13,16H,5,7,9-10H2,1-4H3. The molecule has 3 nitrogen and oxygen atoms in total. The number of aromatic nitrogens is 2. The third-order valence-electron chi connectivity index (χ3n) is 6.25. The van der Waals surface area contributed by atoms with E-state index < -0.39 is 0 Å². The molecule has 1 aromatic heterocycles. The highest BCUT2D eigenvalue weighted by Gasteiger charge is 2.60. The van der Waals surface area contributed by atoms with Crippen molar-refractivity contribution in [3.63, 3.8) is 0 Å². The van der Waals surface area contributed by atoms with Crippen molar-refractivity contribution in [2.45, 2.75) is 52.6 Å². The molecule has 2 aliphatic carbocycles. The molecule has 2 bridgehead atoms. The van der Waals surface area contributed by atoms with Crippen molar-refractivity contribution in [3.05, 3.63) is 18.0 Å². The predicted octanol–water partition coefficient (Wildman–Crippen LogP) is 2.72. The van der Waals surface area contributed by atoms with Gasteiger partial charge in [0, 0.05) is 25.8 Å². The summed E-state index contributed by atoms with van der Waals surface area (Å²) in [6, 6.07) is 2.77. The lowest BCUT2D eigenvalue weighted by molar-refractivity contribution is 0.120. The molecule has 1 N–H and O–H groups in total. The van der Waals surface area contributed by atoms with Gasteiger partial charge in [-0.2, -0.15) is 5.10 Å². The molecule has 3 unspecified atom stereocenters. The van der Waals surface area contributed by atoms with Crippen LogP contribution in [-0.4, -0.2) is 15.8 Å². The van der Waals surface area contributed by atoms with Crippen LogP contribution in [-0.2, 0) is 13.6 Å². The second kappa shape index (κ2) is 3.83. The van der Waals surface area contributed by atoms with E-state index in [0.29, 0.717) is 16.9 Å². The summed E-state index contributed by atoms with van der Waals surface area (Å²) in [5, 5.41) is 8.02. The summed E-state index contributed by atoms with van der Waals surface area (Å²) in [6.07, 6.45) is 6.03. The topological polar surface area (TPSA) is 29.9 Å². The average Bonchev–Trinajstić information content (AvgIpc) is 2.87. The van der Waals surface area contributed by atoms with E-state index in [9.17, 15) is 0 Å². The predicted molar refractivity (Wildman–Crippen MR) is 73.1 cm³/mol. The molecule has 3 rings (SSSR count). The molecule has 2 aliphatic rings. The first-order valence-corrected chi connectivity index (χ1v) is 7.15. The van der Waals surface area contributed by atoms with Crippen molar-refractivity contribution in [2.24, 2.45) is 23.8 Å². The Balaban J connectivity index is 1.71. The summed E-state index contributed by atoms with van der Waals surface area (Å²) in [7, 11) is 2.02. The lowest BCUT2D eigenvalue weighted by Crippen LogP contribution is -2.44. The van der Waals surface area contributed by atoms with Crippen LogP contribution in [0.5, 0.6) is 0 Å². The monoisotopic (exact) mass is 247 g/mol. The fourth-order valence-corrected chi connectivity index (χ4v) is 4.31. The maximum atomic E-state index is 4.23. The molecule has 2 fully saturated rings. The number of hydrogen-bond acceptors (Lipinski definition) is 2. The Hall–Kier alpha value is -0.830. The van der Waals surface area contributed by atoms with Gasteiger partial charge in [-0.1, -0.05) is 20.8 Å². The molecule has 18 heavy (non-hydrogen) atoms. The van der Waals surface area contributed by atoms with Gasteiger partial charge in [0.25, 0.3) is 0 Å². The summed E-state index contributed by atoms with van der Waals surface area (Å²) >= 11 is 0. The number of fused-ring (bicyclic) bond motifs is 2. The minimum atomic E-state index is 0.469. The van der Waals surface area contributed by atoms with Crippen LogP contribution in [0.4, 0.5) is 0 Å². The number of aryl methyl sites for hydroxylation is 1. The summed E-state index contributed by atoms with van der Waals surface area (Å²) in [5.74, 6) is 0.909. The minimum Gasteiger partial charge on any atom is -0.308 e. The zero-order valence-corrected chi connectivity index (χ0v) is 12.0. The Morgan fingerprint density at radius 2 is 2.22 bits per heavy atom. The van der Waals surface area contributed by atoms with Gasteiger partial charge in [-0.25, -0.2) is 0 Å². The van der Waals surface area contributed by atoms with E-state index >= 15 is 0 Å². The third kappa shape index (κ3) is 1.49. The highest BCUT2D eigenvalue weighted by molar-refractivity contribution is 5.13. The van der Waals surface area contributed by atoms with Gasteiger partial charge in [-0.3, -0.25) is 4.68 Å². The molecule has 0 spiro atoms. The van der Waals surface area contributed by atoms with Crippen LogP contribution in [0, 0.1) is 16.7 Å². The van der Waals surface area contributed by atoms with Crippen LogP contribution in [0.2, 0.25) is 0 Å². The van der Waals surface area contributed by atoms with Crippen LogP contribution < -0.4 is 5.32 Å². The Morgan fingerprint density at radius 1 is 1.44 bits per heavy atom. The van der Waals surface area contributed by atoms with Crippen LogP contribution in [0.25, 0.3) is 0 Å². The van der Waals surface area contributed by atoms with E-state index in [1.54, 1.807) is 0 Å². The van der Waals surface area contributed by atoms with Crippen LogP contribution in [0.3, 0.4) is 0 Å². The number of nitrogens with zero attached hydrogens (tertiary/aromatic N) is 2. The summed E-state index contributed by atoms with van der Waals surface area (Å²) in [6.45, 7) is 8.37. The van der Waals surface area contributed by atoms with Gasteiger partial charge in [0.15, 0.2) is 0 Å². The largest absolute Gasteiger partial charge is 0.308 e. The molecule has 0 aromatic carbocycles. The van der Waals surface area contributed by atoms with Gasteiger partial charge < -0.3 is 5.32 Å². The quantitative estimate of drug-likeness (QED) is 0.890. The molecule has 2 saturated carbocycles. The Bertz CT molecular complexity index is 448. The average molecular weight is 247 g/mol. The molecule has 0 radical (unpaired) electrons. The zero-order valence-electron chi connectivity index (χ0n) is 12.0. The SMILES string of the molecule is Cn1nccc1CNC1CC2CCC1(C)C2(C)C. The summed E-state index contributed by atoms with van der Waals surface area (Å²) in [4.78, 5) is 0. The number of rotatable bonds is 3. The second-order valence-corrected chi connectivity index (χ2v) is 6.99. The van der Waals surface area contributed by atoms with Gasteiger partial charge in [-0.05, 0) is 42.1 Å². The molecule has 0 amide bonds. The van der Waals surface area contributed by atoms with Crippen molar-refractivity contribution < 1.29 is 0 Å². The van der Waals surface area contributed by atoms with Crippen molar-refractivity contribution in [3.8, 4) is 0 Å². The molecule has 3 heteroatoms. The first-order chi connectivity index (χ1) is 8.45. The molecule has 0 aliphatic heterocycles.